The number of benzene rings is 1. The summed E-state index contributed by atoms with van der Waals surface area (Å²) in [7, 11) is 0. The van der Waals surface area contributed by atoms with E-state index in [1.54, 1.807) is 13.8 Å². The van der Waals surface area contributed by atoms with Crippen molar-refractivity contribution >= 4 is 5.97 Å². The lowest BCUT2D eigenvalue weighted by atomic mass is 10.1. The molecule has 0 aliphatic rings. The number of aromatic carboxylic acids is 1. The lowest BCUT2D eigenvalue weighted by Crippen LogP contribution is -2.24. The molecule has 0 saturated heterocycles. The summed E-state index contributed by atoms with van der Waals surface area (Å²) in [5, 5.41) is 9.18. The Balaban J connectivity index is 2.77. The number of nitrogens with zero attached hydrogens (tertiary/aromatic N) is 1. The number of hydrogen-bond donors (Lipinski definition) is 1. The minimum atomic E-state index is -1.09. The summed E-state index contributed by atoms with van der Waals surface area (Å²) in [5.74, 6) is -1.51. The van der Waals surface area contributed by atoms with Gasteiger partial charge in [-0.3, -0.25) is 9.36 Å². The van der Waals surface area contributed by atoms with Gasteiger partial charge in [0.25, 0.3) is 5.56 Å². The van der Waals surface area contributed by atoms with Gasteiger partial charge in [0.1, 0.15) is 5.82 Å². The van der Waals surface area contributed by atoms with Crippen molar-refractivity contribution in [1.82, 2.24) is 4.57 Å². The van der Waals surface area contributed by atoms with E-state index in [0.717, 1.165) is 0 Å². The Morgan fingerprint density at radius 2 is 1.79 bits per heavy atom. The van der Waals surface area contributed by atoms with E-state index in [-0.39, 0.29) is 11.1 Å². The molecule has 0 aliphatic carbocycles. The molecule has 1 heterocycles. The first-order chi connectivity index (χ1) is 8.91. The van der Waals surface area contributed by atoms with Crippen LogP contribution in [0.1, 0.15) is 21.6 Å². The molecule has 4 nitrogen and oxygen atoms in total. The van der Waals surface area contributed by atoms with E-state index in [0.29, 0.717) is 16.9 Å². The van der Waals surface area contributed by atoms with Crippen LogP contribution in [0, 0.1) is 19.7 Å². The van der Waals surface area contributed by atoms with E-state index in [1.165, 1.54) is 34.9 Å². The predicted octanol–water partition coefficient (Wildman–Crippen LogP) is 2.29. The van der Waals surface area contributed by atoms with Crippen LogP contribution in [0.2, 0.25) is 0 Å². The minimum Gasteiger partial charge on any atom is -0.478 e. The molecule has 0 saturated carbocycles. The lowest BCUT2D eigenvalue weighted by Gasteiger charge is -2.13. The number of carboxylic acids is 1. The number of carboxylic acid groups (broad SMARTS) is 1. The van der Waals surface area contributed by atoms with Gasteiger partial charge in [0, 0.05) is 17.4 Å². The van der Waals surface area contributed by atoms with Gasteiger partial charge in [0.05, 0.1) is 5.56 Å². The Kier molecular flexibility index (Phi) is 3.21. The number of carbonyl (C=O) groups is 1. The second-order valence-corrected chi connectivity index (χ2v) is 4.24. The Morgan fingerprint density at radius 1 is 1.21 bits per heavy atom. The quantitative estimate of drug-likeness (QED) is 0.902. The molecular formula is C14H12FNO3. The molecule has 0 radical (unpaired) electrons. The molecular weight excluding hydrogens is 249 g/mol. The molecule has 0 fully saturated rings. The van der Waals surface area contributed by atoms with Crippen LogP contribution in [0.25, 0.3) is 5.69 Å². The third-order valence-electron chi connectivity index (χ3n) is 2.95. The van der Waals surface area contributed by atoms with E-state index in [4.69, 9.17) is 0 Å². The van der Waals surface area contributed by atoms with Gasteiger partial charge in [-0.1, -0.05) is 0 Å². The molecule has 0 aliphatic heterocycles. The molecule has 1 N–H and O–H groups in total. The number of halogens is 1. The van der Waals surface area contributed by atoms with Crippen LogP contribution in [0.5, 0.6) is 0 Å². The molecule has 2 rings (SSSR count). The molecule has 0 atom stereocenters. The molecule has 5 heteroatoms. The van der Waals surface area contributed by atoms with Crippen LogP contribution in [0.15, 0.2) is 35.1 Å². The highest BCUT2D eigenvalue weighted by Crippen LogP contribution is 2.16. The maximum absolute atomic E-state index is 12.9. The summed E-state index contributed by atoms with van der Waals surface area (Å²) < 4.78 is 14.2. The van der Waals surface area contributed by atoms with Crippen molar-refractivity contribution in [2.45, 2.75) is 13.8 Å². The molecule has 19 heavy (non-hydrogen) atoms. The number of hydrogen-bond acceptors (Lipinski definition) is 2. The van der Waals surface area contributed by atoms with Gasteiger partial charge in [0.2, 0.25) is 0 Å². The predicted molar refractivity (Wildman–Crippen MR) is 68.4 cm³/mol. The summed E-state index contributed by atoms with van der Waals surface area (Å²) in [5.41, 5.74) is 0.916. The summed E-state index contributed by atoms with van der Waals surface area (Å²) in [6, 6.07) is 6.58. The van der Waals surface area contributed by atoms with Crippen LogP contribution in [-0.2, 0) is 0 Å². The standard InChI is InChI=1S/C14H12FNO3/c1-8-7-12(17)16(9(2)13(8)14(18)19)11-5-3-10(15)4-6-11/h3-7H,1-2H3,(H,18,19). The number of rotatable bonds is 2. The number of aromatic nitrogens is 1. The van der Waals surface area contributed by atoms with Crippen molar-refractivity contribution in [3.63, 3.8) is 0 Å². The first-order valence-electron chi connectivity index (χ1n) is 5.64. The summed E-state index contributed by atoms with van der Waals surface area (Å²) in [6.07, 6.45) is 0. The van der Waals surface area contributed by atoms with E-state index in [9.17, 15) is 19.1 Å². The zero-order valence-electron chi connectivity index (χ0n) is 10.5. The fraction of sp³-hybridized carbons (Fsp3) is 0.143. The van der Waals surface area contributed by atoms with Gasteiger partial charge < -0.3 is 5.11 Å². The highest BCUT2D eigenvalue weighted by Gasteiger charge is 2.16. The van der Waals surface area contributed by atoms with Gasteiger partial charge in [-0.2, -0.15) is 0 Å². The third kappa shape index (κ3) is 2.27. The first-order valence-corrected chi connectivity index (χ1v) is 5.64. The maximum atomic E-state index is 12.9. The smallest absolute Gasteiger partial charge is 0.337 e. The zero-order chi connectivity index (χ0) is 14.2. The van der Waals surface area contributed by atoms with Crippen LogP contribution in [0.3, 0.4) is 0 Å². The summed E-state index contributed by atoms with van der Waals surface area (Å²) in [6.45, 7) is 3.13. The van der Waals surface area contributed by atoms with Crippen LogP contribution < -0.4 is 5.56 Å². The third-order valence-corrected chi connectivity index (χ3v) is 2.95. The molecule has 1 aromatic heterocycles. The van der Waals surface area contributed by atoms with Gasteiger partial charge in [0.15, 0.2) is 0 Å². The fourth-order valence-electron chi connectivity index (χ4n) is 2.12. The van der Waals surface area contributed by atoms with Crippen LogP contribution in [-0.4, -0.2) is 15.6 Å². The fourth-order valence-corrected chi connectivity index (χ4v) is 2.12. The zero-order valence-corrected chi connectivity index (χ0v) is 10.5. The second-order valence-electron chi connectivity index (χ2n) is 4.24. The van der Waals surface area contributed by atoms with E-state index >= 15 is 0 Å². The Hall–Kier alpha value is -2.43. The largest absolute Gasteiger partial charge is 0.478 e. The van der Waals surface area contributed by atoms with Gasteiger partial charge in [-0.15, -0.1) is 0 Å². The van der Waals surface area contributed by atoms with Crippen LogP contribution >= 0.6 is 0 Å². The highest BCUT2D eigenvalue weighted by atomic mass is 19.1. The highest BCUT2D eigenvalue weighted by molar-refractivity contribution is 5.90. The molecule has 2 aromatic rings. The molecule has 0 spiro atoms. The monoisotopic (exact) mass is 261 g/mol. The van der Waals surface area contributed by atoms with E-state index in [2.05, 4.69) is 0 Å². The minimum absolute atomic E-state index is 0.0870. The van der Waals surface area contributed by atoms with Gasteiger partial charge >= 0.3 is 5.97 Å². The molecule has 0 bridgehead atoms. The lowest BCUT2D eigenvalue weighted by molar-refractivity contribution is 0.0694. The molecule has 98 valence electrons. The second kappa shape index (κ2) is 4.68. The van der Waals surface area contributed by atoms with Crippen molar-refractivity contribution < 1.29 is 14.3 Å². The Labute approximate surface area is 108 Å². The average molecular weight is 261 g/mol. The Bertz CT molecular complexity index is 702. The molecule has 1 aromatic carbocycles. The number of aryl methyl sites for hydroxylation is 1. The topological polar surface area (TPSA) is 59.3 Å². The van der Waals surface area contributed by atoms with Crippen LogP contribution in [0.4, 0.5) is 4.39 Å². The van der Waals surface area contributed by atoms with Gasteiger partial charge in [-0.25, -0.2) is 9.18 Å². The van der Waals surface area contributed by atoms with Crippen molar-refractivity contribution in [1.29, 1.82) is 0 Å². The molecule has 0 amide bonds. The average Bonchev–Trinajstić information content (AvgIpc) is 2.30. The SMILES string of the molecule is Cc1cc(=O)n(-c2ccc(F)cc2)c(C)c1C(=O)O. The number of pyridine rings is 1. The Morgan fingerprint density at radius 3 is 2.32 bits per heavy atom. The van der Waals surface area contributed by atoms with Crippen molar-refractivity contribution in [2.75, 3.05) is 0 Å². The first kappa shape index (κ1) is 13.0. The van der Waals surface area contributed by atoms with Crippen molar-refractivity contribution in [3.05, 3.63) is 63.3 Å². The van der Waals surface area contributed by atoms with E-state index in [1.807, 2.05) is 0 Å². The van der Waals surface area contributed by atoms with Crippen molar-refractivity contribution in [3.8, 4) is 5.69 Å². The molecule has 0 unspecified atom stereocenters. The normalized spacial score (nSPS) is 10.5. The van der Waals surface area contributed by atoms with Crippen molar-refractivity contribution in [2.24, 2.45) is 0 Å². The maximum Gasteiger partial charge on any atom is 0.337 e. The van der Waals surface area contributed by atoms with E-state index < -0.39 is 11.8 Å². The summed E-state index contributed by atoms with van der Waals surface area (Å²) in [4.78, 5) is 23.2. The summed E-state index contributed by atoms with van der Waals surface area (Å²) >= 11 is 0. The van der Waals surface area contributed by atoms with Gasteiger partial charge in [-0.05, 0) is 43.7 Å².